The van der Waals surface area contributed by atoms with E-state index in [1.54, 1.807) is 4.90 Å². The second kappa shape index (κ2) is 6.22. The van der Waals surface area contributed by atoms with Crippen LogP contribution in [0.5, 0.6) is 0 Å². The number of carbonyl (C=O) groups excluding carboxylic acids is 1. The van der Waals surface area contributed by atoms with Crippen LogP contribution in [0.1, 0.15) is 36.5 Å². The van der Waals surface area contributed by atoms with Crippen molar-refractivity contribution in [3.8, 4) is 0 Å². The summed E-state index contributed by atoms with van der Waals surface area (Å²) in [6.45, 7) is 2.56. The summed E-state index contributed by atoms with van der Waals surface area (Å²) in [6, 6.07) is 1.93. The summed E-state index contributed by atoms with van der Waals surface area (Å²) in [4.78, 5) is 13.8. The molecule has 1 saturated heterocycles. The Morgan fingerprint density at radius 1 is 1.52 bits per heavy atom. The predicted octanol–water partition coefficient (Wildman–Crippen LogP) is 3.53. The molecule has 0 aromatic heterocycles. The number of amides is 1. The third-order valence-corrected chi connectivity index (χ3v) is 6.07. The highest BCUT2D eigenvalue weighted by Crippen LogP contribution is 2.32. The van der Waals surface area contributed by atoms with Crippen LogP contribution in [0.4, 0.5) is 4.39 Å². The highest BCUT2D eigenvalue weighted by molar-refractivity contribution is 9.10. The molecule has 0 saturated carbocycles. The minimum atomic E-state index is -4.14. The van der Waals surface area contributed by atoms with Gasteiger partial charge in [-0.2, -0.15) is 0 Å². The van der Waals surface area contributed by atoms with E-state index in [0.29, 0.717) is 6.54 Å². The molecule has 4 nitrogen and oxygen atoms in total. The molecule has 1 unspecified atom stereocenters. The van der Waals surface area contributed by atoms with Gasteiger partial charge in [0.2, 0.25) is 0 Å². The molecule has 1 atom stereocenters. The molecule has 1 heterocycles. The van der Waals surface area contributed by atoms with Crippen molar-refractivity contribution < 1.29 is 17.6 Å². The van der Waals surface area contributed by atoms with Crippen molar-refractivity contribution in [3.63, 3.8) is 0 Å². The van der Waals surface area contributed by atoms with E-state index in [-0.39, 0.29) is 22.0 Å². The maximum absolute atomic E-state index is 13.6. The van der Waals surface area contributed by atoms with Gasteiger partial charge >= 0.3 is 0 Å². The van der Waals surface area contributed by atoms with Gasteiger partial charge in [-0.3, -0.25) is 4.79 Å². The van der Waals surface area contributed by atoms with Crippen molar-refractivity contribution in [2.24, 2.45) is 0 Å². The lowest BCUT2D eigenvalue weighted by Gasteiger charge is -2.24. The van der Waals surface area contributed by atoms with Crippen LogP contribution in [0, 0.1) is 5.82 Å². The molecule has 0 spiro atoms. The molecule has 21 heavy (non-hydrogen) atoms. The molecule has 0 N–H and O–H groups in total. The summed E-state index contributed by atoms with van der Waals surface area (Å²) in [6.07, 6.45) is 2.59. The Bertz CT molecular complexity index is 680. The zero-order chi connectivity index (χ0) is 15.8. The predicted molar refractivity (Wildman–Crippen MR) is 81.5 cm³/mol. The Kier molecular flexibility index (Phi) is 4.95. The normalized spacial score (nSPS) is 19.0. The number of likely N-dealkylation sites (tertiary alicyclic amines) is 1. The van der Waals surface area contributed by atoms with Gasteiger partial charge in [0.05, 0.1) is 10.0 Å². The molecule has 1 amide bonds. The first-order chi connectivity index (χ1) is 9.75. The Hall–Kier alpha value is -0.660. The smallest absolute Gasteiger partial charge is 0.262 e. The summed E-state index contributed by atoms with van der Waals surface area (Å²) in [5.74, 6) is -1.19. The maximum Gasteiger partial charge on any atom is 0.262 e. The van der Waals surface area contributed by atoms with Crippen molar-refractivity contribution in [2.75, 3.05) is 6.54 Å². The van der Waals surface area contributed by atoms with E-state index in [0.717, 1.165) is 31.4 Å². The molecule has 0 bridgehead atoms. The van der Waals surface area contributed by atoms with E-state index < -0.39 is 19.8 Å². The summed E-state index contributed by atoms with van der Waals surface area (Å²) < 4.78 is 36.6. The summed E-state index contributed by atoms with van der Waals surface area (Å²) in [5.41, 5.74) is -0.0189. The highest BCUT2D eigenvalue weighted by Gasteiger charge is 2.31. The SMILES string of the molecule is CCC1CCCN1C(=O)c1cc(F)cc(S(=O)(=O)Cl)c1Br. The van der Waals surface area contributed by atoms with E-state index in [4.69, 9.17) is 10.7 Å². The Morgan fingerprint density at radius 3 is 2.76 bits per heavy atom. The third kappa shape index (κ3) is 3.40. The van der Waals surface area contributed by atoms with Crippen LogP contribution in [0.3, 0.4) is 0 Å². The van der Waals surface area contributed by atoms with Crippen molar-refractivity contribution in [2.45, 2.75) is 37.1 Å². The van der Waals surface area contributed by atoms with Gasteiger partial charge in [0.15, 0.2) is 0 Å². The topological polar surface area (TPSA) is 54.5 Å². The lowest BCUT2D eigenvalue weighted by Crippen LogP contribution is -2.35. The number of hydrogen-bond acceptors (Lipinski definition) is 3. The van der Waals surface area contributed by atoms with Crippen LogP contribution in [-0.4, -0.2) is 31.8 Å². The van der Waals surface area contributed by atoms with Crippen LogP contribution >= 0.6 is 26.6 Å². The fourth-order valence-corrected chi connectivity index (χ4v) is 4.84. The molecule has 1 fully saturated rings. The molecule has 1 aromatic carbocycles. The summed E-state index contributed by atoms with van der Waals surface area (Å²) in [7, 11) is 1.14. The summed E-state index contributed by atoms with van der Waals surface area (Å²) in [5, 5.41) is 0. The van der Waals surface area contributed by atoms with Crippen molar-refractivity contribution in [1.82, 2.24) is 4.90 Å². The Labute approximate surface area is 135 Å². The fourth-order valence-electron chi connectivity index (χ4n) is 2.58. The van der Waals surface area contributed by atoms with Crippen LogP contribution in [0.2, 0.25) is 0 Å². The van der Waals surface area contributed by atoms with E-state index >= 15 is 0 Å². The number of benzene rings is 1. The van der Waals surface area contributed by atoms with Gasteiger partial charge in [0, 0.05) is 23.3 Å². The highest BCUT2D eigenvalue weighted by atomic mass is 79.9. The van der Waals surface area contributed by atoms with Gasteiger partial charge in [-0.05, 0) is 47.3 Å². The Balaban J connectivity index is 2.49. The molecular weight excluding hydrogens is 385 g/mol. The molecule has 8 heteroatoms. The number of carbonyl (C=O) groups is 1. The number of hydrogen-bond donors (Lipinski definition) is 0. The van der Waals surface area contributed by atoms with E-state index in [1.165, 1.54) is 0 Å². The van der Waals surface area contributed by atoms with Gasteiger partial charge < -0.3 is 4.90 Å². The molecule has 1 aliphatic heterocycles. The minimum Gasteiger partial charge on any atom is -0.336 e. The summed E-state index contributed by atoms with van der Waals surface area (Å²) >= 11 is 3.06. The van der Waals surface area contributed by atoms with E-state index in [2.05, 4.69) is 15.9 Å². The monoisotopic (exact) mass is 397 g/mol. The maximum atomic E-state index is 13.6. The van der Waals surface area contributed by atoms with Crippen molar-refractivity contribution >= 4 is 41.6 Å². The van der Waals surface area contributed by atoms with Crippen molar-refractivity contribution in [3.05, 3.63) is 28.0 Å². The lowest BCUT2D eigenvalue weighted by atomic mass is 10.1. The first-order valence-electron chi connectivity index (χ1n) is 6.50. The van der Waals surface area contributed by atoms with E-state index in [9.17, 15) is 17.6 Å². The lowest BCUT2D eigenvalue weighted by molar-refractivity contribution is 0.0732. The average Bonchev–Trinajstić information content (AvgIpc) is 2.87. The average molecular weight is 399 g/mol. The van der Waals surface area contributed by atoms with Gasteiger partial charge in [-0.1, -0.05) is 6.92 Å². The molecular formula is C13H14BrClFNO3S. The number of rotatable bonds is 3. The van der Waals surface area contributed by atoms with Crippen LogP contribution < -0.4 is 0 Å². The molecule has 1 aliphatic rings. The third-order valence-electron chi connectivity index (χ3n) is 3.61. The van der Waals surface area contributed by atoms with Crippen LogP contribution in [0.25, 0.3) is 0 Å². The zero-order valence-electron chi connectivity index (χ0n) is 11.3. The first kappa shape index (κ1) is 16.7. The van der Waals surface area contributed by atoms with Gasteiger partial charge in [-0.25, -0.2) is 12.8 Å². The Morgan fingerprint density at radius 2 is 2.19 bits per heavy atom. The largest absolute Gasteiger partial charge is 0.336 e. The molecule has 2 rings (SSSR count). The van der Waals surface area contributed by atoms with Crippen molar-refractivity contribution in [1.29, 1.82) is 0 Å². The molecule has 0 aliphatic carbocycles. The molecule has 0 radical (unpaired) electrons. The fraction of sp³-hybridized carbons (Fsp3) is 0.462. The second-order valence-electron chi connectivity index (χ2n) is 4.91. The quantitative estimate of drug-likeness (QED) is 0.732. The zero-order valence-corrected chi connectivity index (χ0v) is 14.4. The molecule has 1 aromatic rings. The van der Waals surface area contributed by atoms with Gasteiger partial charge in [0.25, 0.3) is 15.0 Å². The van der Waals surface area contributed by atoms with Crippen LogP contribution in [-0.2, 0) is 9.05 Å². The minimum absolute atomic E-state index is 0.00523. The van der Waals surface area contributed by atoms with E-state index in [1.807, 2.05) is 6.92 Å². The van der Waals surface area contributed by atoms with Gasteiger partial charge in [0.1, 0.15) is 10.7 Å². The van der Waals surface area contributed by atoms with Crippen LogP contribution in [0.15, 0.2) is 21.5 Å². The second-order valence-corrected chi connectivity index (χ2v) is 8.23. The number of halogens is 3. The first-order valence-corrected chi connectivity index (χ1v) is 9.60. The van der Waals surface area contributed by atoms with Gasteiger partial charge in [-0.15, -0.1) is 0 Å². The molecule has 116 valence electrons. The number of nitrogens with zero attached hydrogens (tertiary/aromatic N) is 1. The standard InChI is InChI=1S/C13H14BrClFNO3S/c1-2-9-4-3-5-17(9)13(18)10-6-8(16)7-11(12(10)14)21(15,19)20/h6-7,9H,2-5H2,1H3.